The number of methoxy groups -OCH3 is 1. The fourth-order valence-electron chi connectivity index (χ4n) is 1.40. The van der Waals surface area contributed by atoms with Gasteiger partial charge in [-0.2, -0.15) is 5.10 Å². The first-order valence-electron chi connectivity index (χ1n) is 4.70. The zero-order valence-corrected chi connectivity index (χ0v) is 9.44. The number of hydrogen-bond acceptors (Lipinski definition) is 4. The van der Waals surface area contributed by atoms with Crippen LogP contribution >= 0.6 is 0 Å². The third-order valence-electron chi connectivity index (χ3n) is 2.17. The highest BCUT2D eigenvalue weighted by Gasteiger charge is 2.07. The maximum Gasteiger partial charge on any atom is 0.337 e. The fraction of sp³-hybridized carbons (Fsp3) is 0.273. The van der Waals surface area contributed by atoms with E-state index in [0.29, 0.717) is 5.56 Å². The first kappa shape index (κ1) is 12.2. The number of aliphatic hydroxyl groups is 1. The van der Waals surface area contributed by atoms with Crippen LogP contribution in [0, 0.1) is 6.92 Å². The molecule has 0 aliphatic rings. The molecule has 0 radical (unpaired) electrons. The molecule has 1 heterocycles. The van der Waals surface area contributed by atoms with Crippen molar-refractivity contribution in [3.05, 3.63) is 29.5 Å². The Balaban J connectivity index is 0.000000606. The Morgan fingerprint density at radius 3 is 2.75 bits per heavy atom. The molecule has 0 aliphatic carbocycles. The van der Waals surface area contributed by atoms with Crippen LogP contribution in [0.15, 0.2) is 18.2 Å². The van der Waals surface area contributed by atoms with Crippen molar-refractivity contribution >= 4 is 16.9 Å². The maximum absolute atomic E-state index is 11.2. The van der Waals surface area contributed by atoms with Crippen LogP contribution in [-0.2, 0) is 4.74 Å². The van der Waals surface area contributed by atoms with Gasteiger partial charge in [0.15, 0.2) is 0 Å². The molecule has 2 rings (SSSR count). The zero-order valence-electron chi connectivity index (χ0n) is 9.44. The lowest BCUT2D eigenvalue weighted by atomic mass is 10.1. The van der Waals surface area contributed by atoms with Crippen molar-refractivity contribution in [2.45, 2.75) is 6.92 Å². The number of aromatic amines is 1. The topological polar surface area (TPSA) is 75.2 Å². The molecular formula is C11H14N2O3. The molecule has 1 aromatic heterocycles. The highest BCUT2D eigenvalue weighted by atomic mass is 16.5. The molecule has 0 saturated heterocycles. The van der Waals surface area contributed by atoms with Crippen molar-refractivity contribution in [3.8, 4) is 0 Å². The molecule has 0 aliphatic heterocycles. The lowest BCUT2D eigenvalue weighted by molar-refractivity contribution is 0.0601. The molecule has 0 amide bonds. The van der Waals surface area contributed by atoms with E-state index in [2.05, 4.69) is 14.9 Å². The second-order valence-electron chi connectivity index (χ2n) is 3.06. The molecule has 16 heavy (non-hydrogen) atoms. The van der Waals surface area contributed by atoms with Crippen LogP contribution in [0.2, 0.25) is 0 Å². The van der Waals surface area contributed by atoms with Gasteiger partial charge in [-0.05, 0) is 19.1 Å². The number of nitrogens with zero attached hydrogens (tertiary/aromatic N) is 1. The number of ether oxygens (including phenoxy) is 1. The van der Waals surface area contributed by atoms with E-state index in [9.17, 15) is 4.79 Å². The van der Waals surface area contributed by atoms with E-state index in [1.165, 1.54) is 7.11 Å². The van der Waals surface area contributed by atoms with Gasteiger partial charge in [0.05, 0.1) is 23.9 Å². The summed E-state index contributed by atoms with van der Waals surface area (Å²) in [5.74, 6) is -0.334. The number of aryl methyl sites for hydroxylation is 1. The van der Waals surface area contributed by atoms with E-state index in [4.69, 9.17) is 5.11 Å². The Morgan fingerprint density at radius 1 is 1.44 bits per heavy atom. The van der Waals surface area contributed by atoms with Crippen molar-refractivity contribution in [1.29, 1.82) is 0 Å². The Kier molecular flexibility index (Phi) is 4.02. The number of carbonyl (C=O) groups is 1. The number of nitrogens with one attached hydrogen (secondary N) is 1. The molecule has 5 heteroatoms. The van der Waals surface area contributed by atoms with Gasteiger partial charge < -0.3 is 9.84 Å². The first-order chi connectivity index (χ1) is 7.72. The lowest BCUT2D eigenvalue weighted by Crippen LogP contribution is -2.00. The summed E-state index contributed by atoms with van der Waals surface area (Å²) in [6.07, 6.45) is 0. The van der Waals surface area contributed by atoms with E-state index in [-0.39, 0.29) is 5.97 Å². The average Bonchev–Trinajstić information content (AvgIpc) is 2.72. The maximum atomic E-state index is 11.2. The number of aromatic nitrogens is 2. The van der Waals surface area contributed by atoms with Crippen LogP contribution in [0.4, 0.5) is 0 Å². The van der Waals surface area contributed by atoms with Crippen LogP contribution in [0.1, 0.15) is 16.1 Å². The third-order valence-corrected chi connectivity index (χ3v) is 2.17. The molecule has 5 nitrogen and oxygen atoms in total. The highest BCUT2D eigenvalue weighted by molar-refractivity contribution is 5.94. The molecule has 0 spiro atoms. The van der Waals surface area contributed by atoms with E-state index in [1.54, 1.807) is 12.1 Å². The molecule has 2 N–H and O–H groups in total. The van der Waals surface area contributed by atoms with Crippen molar-refractivity contribution in [2.75, 3.05) is 14.2 Å². The summed E-state index contributed by atoms with van der Waals surface area (Å²) in [5, 5.41) is 14.9. The quantitative estimate of drug-likeness (QED) is 0.712. The molecule has 0 fully saturated rings. The van der Waals surface area contributed by atoms with E-state index in [1.807, 2.05) is 13.0 Å². The van der Waals surface area contributed by atoms with Gasteiger partial charge in [-0.25, -0.2) is 4.79 Å². The number of benzene rings is 1. The highest BCUT2D eigenvalue weighted by Crippen LogP contribution is 2.16. The Hall–Kier alpha value is -1.88. The third kappa shape index (κ3) is 2.20. The van der Waals surface area contributed by atoms with Crippen LogP contribution in [-0.4, -0.2) is 35.5 Å². The van der Waals surface area contributed by atoms with Crippen LogP contribution in [0.25, 0.3) is 10.9 Å². The van der Waals surface area contributed by atoms with Gasteiger partial charge >= 0.3 is 5.97 Å². The Labute approximate surface area is 93.0 Å². The Bertz CT molecular complexity index is 491. The molecule has 0 atom stereocenters. The lowest BCUT2D eigenvalue weighted by Gasteiger charge is -1.98. The SMILES string of the molecule is CO.COC(=O)c1ccc2c(C)n[nH]c2c1. The van der Waals surface area contributed by atoms with Crippen molar-refractivity contribution < 1.29 is 14.6 Å². The second kappa shape index (κ2) is 5.27. The predicted molar refractivity (Wildman–Crippen MR) is 60.3 cm³/mol. The summed E-state index contributed by atoms with van der Waals surface area (Å²) in [6.45, 7) is 1.91. The average molecular weight is 222 g/mol. The van der Waals surface area contributed by atoms with Gasteiger partial charge in [-0.15, -0.1) is 0 Å². The predicted octanol–water partition coefficient (Wildman–Crippen LogP) is 1.27. The van der Waals surface area contributed by atoms with Crippen LogP contribution < -0.4 is 0 Å². The first-order valence-corrected chi connectivity index (χ1v) is 4.70. The van der Waals surface area contributed by atoms with Crippen LogP contribution in [0.3, 0.4) is 0 Å². The summed E-state index contributed by atoms with van der Waals surface area (Å²) >= 11 is 0. The molecule has 0 saturated carbocycles. The van der Waals surface area contributed by atoms with Gasteiger partial charge in [0.1, 0.15) is 0 Å². The molecule has 0 bridgehead atoms. The summed E-state index contributed by atoms with van der Waals surface area (Å²) in [5.41, 5.74) is 2.31. The summed E-state index contributed by atoms with van der Waals surface area (Å²) < 4.78 is 4.62. The minimum Gasteiger partial charge on any atom is -0.465 e. The summed E-state index contributed by atoms with van der Waals surface area (Å²) in [6, 6.07) is 5.33. The minimum atomic E-state index is -0.334. The molecule has 0 unspecified atom stereocenters. The number of fused-ring (bicyclic) bond motifs is 1. The van der Waals surface area contributed by atoms with Crippen molar-refractivity contribution in [1.82, 2.24) is 10.2 Å². The molecule has 86 valence electrons. The van der Waals surface area contributed by atoms with Gasteiger partial charge in [-0.3, -0.25) is 5.10 Å². The Morgan fingerprint density at radius 2 is 2.12 bits per heavy atom. The van der Waals surface area contributed by atoms with E-state index >= 15 is 0 Å². The smallest absolute Gasteiger partial charge is 0.337 e. The fourth-order valence-corrected chi connectivity index (χ4v) is 1.40. The van der Waals surface area contributed by atoms with Gasteiger partial charge in [0.2, 0.25) is 0 Å². The standard InChI is InChI=1S/C10H10N2O2.CH4O/c1-6-8-4-3-7(10(13)14-2)5-9(8)12-11-6;1-2/h3-5H,1-2H3,(H,11,12);2H,1H3. The van der Waals surface area contributed by atoms with Gasteiger partial charge in [-0.1, -0.05) is 6.07 Å². The molecule has 1 aromatic carbocycles. The van der Waals surface area contributed by atoms with Gasteiger partial charge in [0, 0.05) is 12.5 Å². The van der Waals surface area contributed by atoms with E-state index < -0.39 is 0 Å². The number of hydrogen-bond donors (Lipinski definition) is 2. The van der Waals surface area contributed by atoms with Gasteiger partial charge in [0.25, 0.3) is 0 Å². The monoisotopic (exact) mass is 222 g/mol. The van der Waals surface area contributed by atoms with E-state index in [0.717, 1.165) is 23.7 Å². The number of carbonyl (C=O) groups excluding carboxylic acids is 1. The molecule has 2 aromatic rings. The van der Waals surface area contributed by atoms with Crippen molar-refractivity contribution in [2.24, 2.45) is 0 Å². The largest absolute Gasteiger partial charge is 0.465 e. The number of rotatable bonds is 1. The summed E-state index contributed by atoms with van der Waals surface area (Å²) in [4.78, 5) is 11.2. The summed E-state index contributed by atoms with van der Waals surface area (Å²) in [7, 11) is 2.37. The number of esters is 1. The zero-order chi connectivity index (χ0) is 12.1. The van der Waals surface area contributed by atoms with Crippen LogP contribution in [0.5, 0.6) is 0 Å². The molecular weight excluding hydrogens is 208 g/mol. The normalized spacial score (nSPS) is 9.50. The van der Waals surface area contributed by atoms with Crippen molar-refractivity contribution in [3.63, 3.8) is 0 Å². The number of H-pyrrole nitrogens is 1. The minimum absolute atomic E-state index is 0.334. The second-order valence-corrected chi connectivity index (χ2v) is 3.06. The number of aliphatic hydroxyl groups excluding tert-OH is 1.